The number of carbonyl (C=O) groups excluding carboxylic acids is 3. The number of hydrogen-bond donors (Lipinski definition) is 2. The molecule has 3 aromatic heterocycles. The van der Waals surface area contributed by atoms with Crippen molar-refractivity contribution in [2.75, 3.05) is 18.6 Å². The fraction of sp³-hybridized carbons (Fsp3) is 0.300. The number of carboxylic acid groups (broad SMARTS) is 1. The summed E-state index contributed by atoms with van der Waals surface area (Å²) in [4.78, 5) is 50.0. The van der Waals surface area contributed by atoms with E-state index in [4.69, 9.17) is 10.6 Å². The summed E-state index contributed by atoms with van der Waals surface area (Å²) in [6, 6.07) is -0.933. The van der Waals surface area contributed by atoms with Crippen LogP contribution < -0.4 is 20.7 Å². The smallest absolute Gasteiger partial charge is 0.276 e. The highest BCUT2D eigenvalue weighted by atomic mass is 32.2. The zero-order valence-electron chi connectivity index (χ0n) is 18.5. The summed E-state index contributed by atoms with van der Waals surface area (Å²) >= 11 is 4.12. The molecule has 2 aliphatic heterocycles. The second-order valence-corrected chi connectivity index (χ2v) is 11.1. The van der Waals surface area contributed by atoms with Crippen molar-refractivity contribution in [3.63, 3.8) is 0 Å². The second-order valence-electron chi connectivity index (χ2n) is 7.80. The molecule has 15 heteroatoms. The Bertz CT molecular complexity index is 1390. The maximum Gasteiger partial charge on any atom is 0.276 e. The van der Waals surface area contributed by atoms with Crippen molar-refractivity contribution < 1.29 is 28.9 Å². The van der Waals surface area contributed by atoms with Gasteiger partial charge in [0.25, 0.3) is 11.8 Å². The summed E-state index contributed by atoms with van der Waals surface area (Å²) in [6.07, 6.45) is 5.79. The number of anilines is 1. The van der Waals surface area contributed by atoms with Gasteiger partial charge in [-0.1, -0.05) is 16.5 Å². The van der Waals surface area contributed by atoms with Crippen molar-refractivity contribution in [1.82, 2.24) is 19.6 Å². The molecule has 0 aliphatic carbocycles. The van der Waals surface area contributed by atoms with Gasteiger partial charge < -0.3 is 25.8 Å². The number of aryl methyl sites for hydroxylation is 1. The highest BCUT2D eigenvalue weighted by molar-refractivity contribution is 8.00. The summed E-state index contributed by atoms with van der Waals surface area (Å²) < 4.78 is 3.84. The molecule has 0 radical (unpaired) electrons. The molecule has 2 aliphatic rings. The molecule has 0 saturated carbocycles. The third-order valence-corrected chi connectivity index (χ3v) is 8.42. The Balaban J connectivity index is 1.35. The first kappa shape index (κ1) is 23.3. The number of thioether (sulfide) groups is 1. The van der Waals surface area contributed by atoms with Crippen LogP contribution >= 0.6 is 34.4 Å². The van der Waals surface area contributed by atoms with Crippen LogP contribution in [-0.2, 0) is 25.8 Å². The van der Waals surface area contributed by atoms with Crippen molar-refractivity contribution in [2.45, 2.75) is 24.9 Å². The first-order valence-electron chi connectivity index (χ1n) is 10.3. The number of β-lactam (4-membered cyclic amide) rings is 1. The zero-order valence-corrected chi connectivity index (χ0v) is 20.9. The van der Waals surface area contributed by atoms with Crippen LogP contribution in [-0.4, -0.2) is 62.1 Å². The number of aliphatic carboxylic acids is 1. The normalized spacial score (nSPS) is 20.1. The lowest BCUT2D eigenvalue weighted by Gasteiger charge is -2.50. The number of amides is 2. The fourth-order valence-electron chi connectivity index (χ4n) is 4.02. The largest absolute Gasteiger partial charge is 0.543 e. The van der Waals surface area contributed by atoms with E-state index in [0.29, 0.717) is 17.9 Å². The maximum absolute atomic E-state index is 13.0. The number of nitrogens with one attached hydrogen (secondary N) is 1. The fourth-order valence-corrected chi connectivity index (χ4v) is 6.80. The highest BCUT2D eigenvalue weighted by Gasteiger charge is 2.53. The van der Waals surface area contributed by atoms with Crippen LogP contribution in [0, 0.1) is 6.92 Å². The zero-order chi connectivity index (χ0) is 24.9. The van der Waals surface area contributed by atoms with E-state index in [-0.39, 0.29) is 22.2 Å². The molecule has 5 rings (SSSR count). The van der Waals surface area contributed by atoms with Gasteiger partial charge in [-0.3, -0.25) is 14.5 Å². The van der Waals surface area contributed by atoms with E-state index >= 15 is 0 Å². The molecule has 2 amide bonds. The number of oxime groups is 1. The number of thiazole rings is 2. The molecule has 182 valence electrons. The standard InChI is InChI=1S/C20H19N7O5S3/c1-9-3-26-8-25(5-12(26)35-9)4-10-6-33-18-14(17(29)27(18)15(10)19(30)31)23-16(28)13(24-32-2)11-7-34-20(21)22-11/h3,5,7-8,14,18H,4,6H2,1-2H3,(H3-,21,22,23,28,30,31)/b24-13-/t14-,18-/m1/s1. The van der Waals surface area contributed by atoms with E-state index in [1.165, 1.54) is 23.8 Å². The van der Waals surface area contributed by atoms with Crippen molar-refractivity contribution in [2.24, 2.45) is 5.16 Å². The van der Waals surface area contributed by atoms with Crippen molar-refractivity contribution in [3.05, 3.63) is 45.9 Å². The Labute approximate surface area is 210 Å². The van der Waals surface area contributed by atoms with Gasteiger partial charge in [0.15, 0.2) is 10.8 Å². The summed E-state index contributed by atoms with van der Waals surface area (Å²) in [7, 11) is 1.28. The summed E-state index contributed by atoms with van der Waals surface area (Å²) in [5.41, 5.74) is 6.13. The molecular weight excluding hydrogens is 514 g/mol. The first-order chi connectivity index (χ1) is 16.8. The lowest BCUT2D eigenvalue weighted by Crippen LogP contribution is -2.71. The average molecular weight is 534 g/mol. The van der Waals surface area contributed by atoms with Crippen LogP contribution in [0.4, 0.5) is 5.13 Å². The van der Waals surface area contributed by atoms with E-state index in [1.54, 1.807) is 16.7 Å². The number of fused-ring (bicyclic) bond motifs is 2. The predicted molar refractivity (Wildman–Crippen MR) is 127 cm³/mol. The quantitative estimate of drug-likeness (QED) is 0.171. The van der Waals surface area contributed by atoms with Crippen LogP contribution in [0.1, 0.15) is 10.6 Å². The minimum absolute atomic E-state index is 0.135. The van der Waals surface area contributed by atoms with E-state index in [9.17, 15) is 19.5 Å². The van der Waals surface area contributed by atoms with Gasteiger partial charge in [0.2, 0.25) is 11.2 Å². The Morgan fingerprint density at radius 2 is 2.26 bits per heavy atom. The summed E-state index contributed by atoms with van der Waals surface area (Å²) in [6.45, 7) is 2.31. The van der Waals surface area contributed by atoms with Gasteiger partial charge in [0.1, 0.15) is 43.2 Å². The van der Waals surface area contributed by atoms with Gasteiger partial charge in [-0.2, -0.15) is 4.40 Å². The molecule has 1 fully saturated rings. The molecular formula is C20H19N7O5S3. The molecule has 0 unspecified atom stereocenters. The van der Waals surface area contributed by atoms with Crippen LogP contribution in [0.15, 0.2) is 40.5 Å². The number of nitrogen functional groups attached to an aromatic ring is 1. The molecule has 2 atom stereocenters. The lowest BCUT2D eigenvalue weighted by molar-refractivity contribution is -0.687. The van der Waals surface area contributed by atoms with Crippen LogP contribution in [0.5, 0.6) is 0 Å². The number of hydrogen-bond acceptors (Lipinski definition) is 11. The minimum atomic E-state index is -1.43. The van der Waals surface area contributed by atoms with Gasteiger partial charge in [0, 0.05) is 21.6 Å². The van der Waals surface area contributed by atoms with Gasteiger partial charge in [-0.15, -0.1) is 23.1 Å². The SMILES string of the molecule is CO/N=C(\C(=O)N[C@@H]1C(=O)N2C(C(=O)[O-])=C(C[n+]3cc4sc(C)cn4c3)CS[C@H]12)c1csc(N)n1. The average Bonchev–Trinajstić information content (AvgIpc) is 3.49. The molecule has 12 nitrogen and oxygen atoms in total. The van der Waals surface area contributed by atoms with E-state index in [1.807, 2.05) is 34.6 Å². The van der Waals surface area contributed by atoms with Gasteiger partial charge >= 0.3 is 0 Å². The van der Waals surface area contributed by atoms with Gasteiger partial charge in [-0.25, -0.2) is 9.55 Å². The Morgan fingerprint density at radius 3 is 2.91 bits per heavy atom. The number of carbonyl (C=O) groups is 3. The third kappa shape index (κ3) is 4.15. The molecule has 3 aromatic rings. The van der Waals surface area contributed by atoms with Crippen molar-refractivity contribution in [3.8, 4) is 0 Å². The van der Waals surface area contributed by atoms with Gasteiger partial charge in [-0.05, 0) is 6.92 Å². The Kier molecular flexibility index (Phi) is 5.98. The van der Waals surface area contributed by atoms with E-state index < -0.39 is 29.2 Å². The molecule has 5 heterocycles. The van der Waals surface area contributed by atoms with Gasteiger partial charge in [0.05, 0.1) is 11.7 Å². The topological polar surface area (TPSA) is 158 Å². The summed E-state index contributed by atoms with van der Waals surface area (Å²) in [5, 5.41) is 19.6. The number of aromatic nitrogens is 3. The number of nitrogens with zero attached hydrogens (tertiary/aromatic N) is 5. The molecule has 0 spiro atoms. The van der Waals surface area contributed by atoms with Crippen molar-refractivity contribution in [1.29, 1.82) is 0 Å². The third-order valence-electron chi connectivity index (χ3n) is 5.45. The molecule has 0 aromatic carbocycles. The van der Waals surface area contributed by atoms with Crippen LogP contribution in [0.25, 0.3) is 4.83 Å². The van der Waals surface area contributed by atoms with Crippen LogP contribution in [0.3, 0.4) is 0 Å². The lowest BCUT2D eigenvalue weighted by atomic mass is 10.0. The Morgan fingerprint density at radius 1 is 1.46 bits per heavy atom. The molecule has 3 N–H and O–H groups in total. The number of imidazole rings is 1. The number of carboxylic acids is 1. The summed E-state index contributed by atoms with van der Waals surface area (Å²) in [5.74, 6) is -2.29. The first-order valence-corrected chi connectivity index (χ1v) is 13.0. The Hall–Kier alpha value is -3.43. The minimum Gasteiger partial charge on any atom is -0.543 e. The monoisotopic (exact) mass is 533 g/mol. The molecule has 0 bridgehead atoms. The van der Waals surface area contributed by atoms with E-state index in [0.717, 1.165) is 21.0 Å². The number of nitrogens with two attached hydrogens (primary N) is 1. The number of rotatable bonds is 7. The maximum atomic E-state index is 13.0. The highest BCUT2D eigenvalue weighted by Crippen LogP contribution is 2.40. The molecule has 35 heavy (non-hydrogen) atoms. The van der Waals surface area contributed by atoms with Crippen LogP contribution in [0.2, 0.25) is 0 Å². The van der Waals surface area contributed by atoms with E-state index in [2.05, 4.69) is 15.5 Å². The predicted octanol–water partition coefficient (Wildman–Crippen LogP) is -0.910. The molecule has 1 saturated heterocycles. The van der Waals surface area contributed by atoms with Crippen molar-refractivity contribution >= 4 is 67.9 Å². The second kappa shape index (κ2) is 8.98.